The monoisotopic (exact) mass is 445 g/mol. The van der Waals surface area contributed by atoms with Crippen LogP contribution in [0.15, 0.2) is 23.1 Å². The van der Waals surface area contributed by atoms with Gasteiger partial charge < -0.3 is 15.0 Å². The molecule has 2 rings (SSSR count). The van der Waals surface area contributed by atoms with E-state index in [1.165, 1.54) is 32.3 Å². The van der Waals surface area contributed by atoms with Crippen LogP contribution in [0.2, 0.25) is 5.02 Å². The van der Waals surface area contributed by atoms with Gasteiger partial charge in [-0.1, -0.05) is 11.6 Å². The molecule has 0 aromatic heterocycles. The topological polar surface area (TPSA) is 96.0 Å². The van der Waals surface area contributed by atoms with Crippen molar-refractivity contribution in [1.82, 2.24) is 9.21 Å². The number of carbonyl (C=O) groups excluding carboxylic acids is 2. The number of nitrogens with zero attached hydrogens (tertiary/aromatic N) is 2. The summed E-state index contributed by atoms with van der Waals surface area (Å²) < 4.78 is 30.7. The molecule has 0 radical (unpaired) electrons. The molecule has 10 heteroatoms. The van der Waals surface area contributed by atoms with E-state index in [1.807, 2.05) is 0 Å². The molecule has 1 fully saturated rings. The maximum absolute atomic E-state index is 12.4. The van der Waals surface area contributed by atoms with Crippen LogP contribution in [-0.4, -0.2) is 69.8 Å². The van der Waals surface area contributed by atoms with Crippen molar-refractivity contribution in [2.24, 2.45) is 5.92 Å². The lowest BCUT2D eigenvalue weighted by molar-refractivity contribution is -0.149. The van der Waals surface area contributed by atoms with Crippen LogP contribution < -0.4 is 5.32 Å². The number of benzene rings is 1. The van der Waals surface area contributed by atoms with E-state index in [1.54, 1.807) is 6.92 Å². The summed E-state index contributed by atoms with van der Waals surface area (Å²) in [5, 5.41) is 2.94. The number of esters is 1. The molecular formula is C19H28ClN3O5S. The summed E-state index contributed by atoms with van der Waals surface area (Å²) in [6.45, 7) is 4.03. The van der Waals surface area contributed by atoms with Crippen LogP contribution in [-0.2, 0) is 24.3 Å². The molecule has 1 saturated heterocycles. The normalized spacial score (nSPS) is 17.9. The highest BCUT2D eigenvalue weighted by Crippen LogP contribution is 2.26. The molecule has 0 bridgehead atoms. The van der Waals surface area contributed by atoms with Gasteiger partial charge in [0.25, 0.3) is 0 Å². The number of carbonyl (C=O) groups is 2. The first-order chi connectivity index (χ1) is 13.6. The van der Waals surface area contributed by atoms with Gasteiger partial charge >= 0.3 is 5.97 Å². The molecule has 1 aromatic carbocycles. The molecule has 1 unspecified atom stereocenters. The lowest BCUT2D eigenvalue weighted by Crippen LogP contribution is -2.40. The Balaban J connectivity index is 1.95. The summed E-state index contributed by atoms with van der Waals surface area (Å²) in [6.07, 6.45) is 1.88. The molecule has 1 atom stereocenters. The lowest BCUT2D eigenvalue weighted by Gasteiger charge is -2.31. The molecule has 1 N–H and O–H groups in total. The summed E-state index contributed by atoms with van der Waals surface area (Å²) in [4.78, 5) is 26.4. The highest BCUT2D eigenvalue weighted by Gasteiger charge is 2.27. The molecule has 162 valence electrons. The van der Waals surface area contributed by atoms with E-state index in [9.17, 15) is 18.0 Å². The molecular weight excluding hydrogens is 418 g/mol. The maximum Gasteiger partial charge on any atom is 0.310 e. The molecule has 1 aromatic rings. The van der Waals surface area contributed by atoms with E-state index in [0.29, 0.717) is 19.7 Å². The largest absolute Gasteiger partial charge is 0.466 e. The van der Waals surface area contributed by atoms with Gasteiger partial charge in [-0.3, -0.25) is 9.59 Å². The molecule has 8 nitrogen and oxygen atoms in total. The number of piperidine rings is 1. The third kappa shape index (κ3) is 6.40. The Morgan fingerprint density at radius 3 is 2.72 bits per heavy atom. The zero-order valence-electron chi connectivity index (χ0n) is 17.0. The van der Waals surface area contributed by atoms with Gasteiger partial charge in [-0.2, -0.15) is 0 Å². The minimum Gasteiger partial charge on any atom is -0.466 e. The number of likely N-dealkylation sites (tertiary alicyclic amines) is 1. The van der Waals surface area contributed by atoms with E-state index in [2.05, 4.69) is 10.2 Å². The molecule has 0 saturated carbocycles. The van der Waals surface area contributed by atoms with Crippen molar-refractivity contribution in [3.05, 3.63) is 23.2 Å². The molecule has 29 heavy (non-hydrogen) atoms. The second kappa shape index (κ2) is 10.4. The van der Waals surface area contributed by atoms with Gasteiger partial charge in [0.2, 0.25) is 15.9 Å². The van der Waals surface area contributed by atoms with Crippen LogP contribution in [0.4, 0.5) is 5.69 Å². The number of anilines is 1. The summed E-state index contributed by atoms with van der Waals surface area (Å²) in [5.41, 5.74) is 0.252. The van der Waals surface area contributed by atoms with Crippen molar-refractivity contribution in [3.63, 3.8) is 0 Å². The Morgan fingerprint density at radius 1 is 1.34 bits per heavy atom. The average Bonchev–Trinajstić information content (AvgIpc) is 2.68. The van der Waals surface area contributed by atoms with Crippen LogP contribution in [0.25, 0.3) is 0 Å². The first kappa shape index (κ1) is 23.6. The van der Waals surface area contributed by atoms with E-state index in [4.69, 9.17) is 16.3 Å². The standard InChI is InChI=1S/C19H28ClN3O5S/c1-4-28-19(25)14-6-5-10-23(13-14)11-9-18(24)21-17-12-15(7-8-16(17)20)29(26,27)22(2)3/h7-8,12,14H,4-6,9-11,13H2,1-3H3,(H,21,24). The fourth-order valence-electron chi connectivity index (χ4n) is 3.15. The van der Waals surface area contributed by atoms with Gasteiger partial charge in [-0.05, 0) is 44.5 Å². The van der Waals surface area contributed by atoms with Crippen molar-refractivity contribution in [1.29, 1.82) is 0 Å². The van der Waals surface area contributed by atoms with Gasteiger partial charge in [-0.25, -0.2) is 12.7 Å². The van der Waals surface area contributed by atoms with Crippen molar-refractivity contribution >= 4 is 39.2 Å². The van der Waals surface area contributed by atoms with E-state index >= 15 is 0 Å². The number of sulfonamides is 1. The van der Waals surface area contributed by atoms with E-state index in [0.717, 1.165) is 23.7 Å². The first-order valence-corrected chi connectivity index (χ1v) is 11.4. The molecule has 0 aliphatic carbocycles. The molecule has 1 aliphatic rings. The maximum atomic E-state index is 12.4. The van der Waals surface area contributed by atoms with Crippen molar-refractivity contribution < 1.29 is 22.7 Å². The SMILES string of the molecule is CCOC(=O)C1CCCN(CCC(=O)Nc2cc(S(=O)(=O)N(C)C)ccc2Cl)C1. The van der Waals surface area contributed by atoms with Gasteiger partial charge in [0.15, 0.2) is 0 Å². The Labute approximate surface area is 177 Å². The van der Waals surface area contributed by atoms with E-state index in [-0.39, 0.29) is 39.8 Å². The Morgan fingerprint density at radius 2 is 2.07 bits per heavy atom. The van der Waals surface area contributed by atoms with Crippen molar-refractivity contribution in [2.75, 3.05) is 45.7 Å². The van der Waals surface area contributed by atoms with Gasteiger partial charge in [0, 0.05) is 33.6 Å². The second-order valence-corrected chi connectivity index (χ2v) is 9.68. The summed E-state index contributed by atoms with van der Waals surface area (Å²) in [7, 11) is -0.759. The summed E-state index contributed by atoms with van der Waals surface area (Å²) in [6, 6.07) is 4.20. The highest BCUT2D eigenvalue weighted by atomic mass is 35.5. The highest BCUT2D eigenvalue weighted by molar-refractivity contribution is 7.89. The van der Waals surface area contributed by atoms with Gasteiger partial charge in [-0.15, -0.1) is 0 Å². The fourth-order valence-corrected chi connectivity index (χ4v) is 4.25. The third-order valence-electron chi connectivity index (χ3n) is 4.77. The minimum absolute atomic E-state index is 0.0514. The van der Waals surface area contributed by atoms with Crippen LogP contribution in [0.1, 0.15) is 26.2 Å². The van der Waals surface area contributed by atoms with Crippen LogP contribution in [0, 0.1) is 5.92 Å². The molecule has 1 amide bonds. The lowest BCUT2D eigenvalue weighted by atomic mass is 9.98. The number of rotatable bonds is 8. The Hall–Kier alpha value is -1.68. The average molecular weight is 446 g/mol. The number of amides is 1. The Kier molecular flexibility index (Phi) is 8.45. The van der Waals surface area contributed by atoms with Crippen molar-refractivity contribution in [3.8, 4) is 0 Å². The molecule has 1 heterocycles. The van der Waals surface area contributed by atoms with Crippen LogP contribution >= 0.6 is 11.6 Å². The first-order valence-electron chi connectivity index (χ1n) is 9.56. The number of halogens is 1. The zero-order chi connectivity index (χ0) is 21.6. The predicted molar refractivity (Wildman–Crippen MR) is 111 cm³/mol. The zero-order valence-corrected chi connectivity index (χ0v) is 18.6. The number of nitrogens with one attached hydrogen (secondary N) is 1. The smallest absolute Gasteiger partial charge is 0.310 e. The number of ether oxygens (including phenoxy) is 1. The summed E-state index contributed by atoms with van der Waals surface area (Å²) >= 11 is 6.12. The second-order valence-electron chi connectivity index (χ2n) is 7.12. The van der Waals surface area contributed by atoms with Crippen molar-refractivity contribution in [2.45, 2.75) is 31.1 Å². The molecule has 1 aliphatic heterocycles. The quantitative estimate of drug-likeness (QED) is 0.616. The van der Waals surface area contributed by atoms with Gasteiger partial charge in [0.05, 0.1) is 28.1 Å². The third-order valence-corrected chi connectivity index (χ3v) is 6.91. The predicted octanol–water partition coefficient (Wildman–Crippen LogP) is 2.19. The molecule has 0 spiro atoms. The van der Waals surface area contributed by atoms with E-state index < -0.39 is 10.0 Å². The van der Waals surface area contributed by atoms with Crippen LogP contribution in [0.3, 0.4) is 0 Å². The van der Waals surface area contributed by atoms with Gasteiger partial charge in [0.1, 0.15) is 0 Å². The minimum atomic E-state index is -3.63. The number of hydrogen-bond donors (Lipinski definition) is 1. The van der Waals surface area contributed by atoms with Crippen LogP contribution in [0.5, 0.6) is 0 Å². The fraction of sp³-hybridized carbons (Fsp3) is 0.579. The Bertz CT molecular complexity index is 844. The summed E-state index contributed by atoms with van der Waals surface area (Å²) in [5.74, 6) is -0.619. The number of hydrogen-bond acceptors (Lipinski definition) is 6.